The highest BCUT2D eigenvalue weighted by Crippen LogP contribution is 2.22. The molecule has 1 amide bonds. The first-order chi connectivity index (χ1) is 9.44. The molecule has 0 spiro atoms. The molecule has 6 nitrogen and oxygen atoms in total. The van der Waals surface area contributed by atoms with Gasteiger partial charge in [-0.15, -0.1) is 0 Å². The molecule has 0 bridgehead atoms. The van der Waals surface area contributed by atoms with Gasteiger partial charge in [0.05, 0.1) is 16.5 Å². The first-order valence-corrected chi connectivity index (χ1v) is 8.10. The minimum atomic E-state index is -3.59. The Morgan fingerprint density at radius 3 is 2.65 bits per heavy atom. The first-order valence-electron chi connectivity index (χ1n) is 6.55. The number of sulfonamides is 1. The maximum Gasteiger partial charge on any atom is 0.253 e. The molecule has 0 aliphatic heterocycles. The summed E-state index contributed by atoms with van der Waals surface area (Å²) in [6.45, 7) is 1.54. The second-order valence-corrected chi connectivity index (χ2v) is 7.09. The van der Waals surface area contributed by atoms with E-state index in [1.165, 1.54) is 6.92 Å². The fourth-order valence-corrected chi connectivity index (χ4v) is 2.58. The molecule has 1 aliphatic carbocycles. The van der Waals surface area contributed by atoms with Crippen LogP contribution in [0.1, 0.15) is 30.1 Å². The summed E-state index contributed by atoms with van der Waals surface area (Å²) < 4.78 is 26.5. The second-order valence-electron chi connectivity index (χ2n) is 4.99. The van der Waals surface area contributed by atoms with Gasteiger partial charge < -0.3 is 11.1 Å². The zero-order valence-corrected chi connectivity index (χ0v) is 12.1. The Hall–Kier alpha value is -1.60. The highest BCUT2D eigenvalue weighted by Gasteiger charge is 2.26. The van der Waals surface area contributed by atoms with E-state index in [4.69, 9.17) is 5.73 Å². The molecule has 0 saturated heterocycles. The third kappa shape index (κ3) is 3.49. The largest absolute Gasteiger partial charge is 0.349 e. The number of carbonyl (C=O) groups is 1. The van der Waals surface area contributed by atoms with Crippen LogP contribution in [-0.2, 0) is 10.0 Å². The Labute approximate surface area is 118 Å². The maximum atomic E-state index is 12.1. The van der Waals surface area contributed by atoms with E-state index in [0.717, 1.165) is 12.8 Å². The fraction of sp³-hybridized carbons (Fsp3) is 0.462. The van der Waals surface area contributed by atoms with Crippen molar-refractivity contribution in [3.05, 3.63) is 29.8 Å². The molecule has 1 aromatic rings. The van der Waals surface area contributed by atoms with E-state index < -0.39 is 15.3 Å². The molecule has 1 aromatic carbocycles. The predicted molar refractivity (Wildman–Crippen MR) is 78.0 cm³/mol. The smallest absolute Gasteiger partial charge is 0.253 e. The lowest BCUT2D eigenvalue weighted by atomic mass is 10.1. The van der Waals surface area contributed by atoms with Crippen LogP contribution in [0.4, 0.5) is 5.69 Å². The van der Waals surface area contributed by atoms with E-state index in [0.29, 0.717) is 5.56 Å². The summed E-state index contributed by atoms with van der Waals surface area (Å²) in [6, 6.07) is 6.77. The van der Waals surface area contributed by atoms with Crippen LogP contribution < -0.4 is 15.8 Å². The van der Waals surface area contributed by atoms with Crippen LogP contribution in [0.5, 0.6) is 0 Å². The van der Waals surface area contributed by atoms with E-state index in [-0.39, 0.29) is 24.2 Å². The third-order valence-electron chi connectivity index (χ3n) is 3.20. The van der Waals surface area contributed by atoms with E-state index in [1.54, 1.807) is 24.3 Å². The van der Waals surface area contributed by atoms with Crippen LogP contribution in [-0.4, -0.2) is 32.2 Å². The van der Waals surface area contributed by atoms with Crippen LogP contribution >= 0.6 is 0 Å². The molecular formula is C13H19N3O3S. The van der Waals surface area contributed by atoms with Gasteiger partial charge in [-0.2, -0.15) is 0 Å². The topological polar surface area (TPSA) is 101 Å². The van der Waals surface area contributed by atoms with Crippen molar-refractivity contribution in [1.29, 1.82) is 0 Å². The number of anilines is 1. The highest BCUT2D eigenvalue weighted by molar-refractivity contribution is 7.93. The summed E-state index contributed by atoms with van der Waals surface area (Å²) >= 11 is 0. The number of nitrogens with one attached hydrogen (secondary N) is 2. The summed E-state index contributed by atoms with van der Waals surface area (Å²) in [5, 5.41) is 2.12. The Bertz CT molecular complexity index is 597. The molecule has 1 atom stereocenters. The van der Waals surface area contributed by atoms with E-state index in [9.17, 15) is 13.2 Å². The number of hydrogen-bond donors (Lipinski definition) is 3. The van der Waals surface area contributed by atoms with Gasteiger partial charge >= 0.3 is 0 Å². The third-order valence-corrected chi connectivity index (χ3v) is 4.95. The lowest BCUT2D eigenvalue weighted by Gasteiger charge is -2.15. The molecule has 1 fully saturated rings. The molecule has 20 heavy (non-hydrogen) atoms. The highest BCUT2D eigenvalue weighted by atomic mass is 32.2. The Morgan fingerprint density at radius 2 is 2.05 bits per heavy atom. The van der Waals surface area contributed by atoms with Crippen molar-refractivity contribution < 1.29 is 13.2 Å². The predicted octanol–water partition coefficient (Wildman–Crippen LogP) is 0.668. The minimum absolute atomic E-state index is 0.0196. The molecule has 110 valence electrons. The lowest BCUT2D eigenvalue weighted by Crippen LogP contribution is -2.33. The molecule has 1 saturated carbocycles. The van der Waals surface area contributed by atoms with Crippen molar-refractivity contribution in [2.24, 2.45) is 5.73 Å². The Balaban J connectivity index is 2.21. The lowest BCUT2D eigenvalue weighted by molar-refractivity contribution is 0.0952. The second kappa shape index (κ2) is 5.80. The first kappa shape index (κ1) is 14.8. The van der Waals surface area contributed by atoms with Gasteiger partial charge in [-0.3, -0.25) is 9.52 Å². The summed E-state index contributed by atoms with van der Waals surface area (Å²) in [4.78, 5) is 12.1. The van der Waals surface area contributed by atoms with E-state index >= 15 is 0 Å². The molecule has 1 aliphatic rings. The van der Waals surface area contributed by atoms with Crippen LogP contribution in [0.3, 0.4) is 0 Å². The SMILES string of the molecule is CC(CN)S(=O)(=O)Nc1ccccc1C(=O)NC1CC1. The van der Waals surface area contributed by atoms with Gasteiger partial charge in [0.25, 0.3) is 5.91 Å². The summed E-state index contributed by atoms with van der Waals surface area (Å²) in [5.74, 6) is -0.258. The molecular weight excluding hydrogens is 278 g/mol. The van der Waals surface area contributed by atoms with Crippen molar-refractivity contribution in [1.82, 2.24) is 5.32 Å². The van der Waals surface area contributed by atoms with Crippen LogP contribution in [0.25, 0.3) is 0 Å². The van der Waals surface area contributed by atoms with Gasteiger partial charge in [0.15, 0.2) is 0 Å². The number of amides is 1. The quantitative estimate of drug-likeness (QED) is 0.718. The zero-order valence-electron chi connectivity index (χ0n) is 11.3. The van der Waals surface area contributed by atoms with E-state index in [2.05, 4.69) is 10.0 Å². The van der Waals surface area contributed by atoms with Gasteiger partial charge in [-0.1, -0.05) is 12.1 Å². The molecule has 0 aromatic heterocycles. The number of para-hydroxylation sites is 1. The fourth-order valence-electron chi connectivity index (χ4n) is 1.64. The Kier molecular flexibility index (Phi) is 4.29. The Morgan fingerprint density at radius 1 is 1.40 bits per heavy atom. The molecule has 0 radical (unpaired) electrons. The molecule has 0 heterocycles. The monoisotopic (exact) mass is 297 g/mol. The summed E-state index contributed by atoms with van der Waals surface area (Å²) in [5.41, 5.74) is 5.99. The molecule has 4 N–H and O–H groups in total. The van der Waals surface area contributed by atoms with Crippen LogP contribution in [0.2, 0.25) is 0 Å². The van der Waals surface area contributed by atoms with Gasteiger partial charge in [-0.05, 0) is 31.9 Å². The van der Waals surface area contributed by atoms with Gasteiger partial charge in [-0.25, -0.2) is 8.42 Å². The number of nitrogens with two attached hydrogens (primary N) is 1. The van der Waals surface area contributed by atoms with Crippen LogP contribution in [0, 0.1) is 0 Å². The maximum absolute atomic E-state index is 12.1. The number of benzene rings is 1. The van der Waals surface area contributed by atoms with Crippen LogP contribution in [0.15, 0.2) is 24.3 Å². The summed E-state index contributed by atoms with van der Waals surface area (Å²) in [6.07, 6.45) is 1.95. The summed E-state index contributed by atoms with van der Waals surface area (Å²) in [7, 11) is -3.59. The van der Waals surface area contributed by atoms with E-state index in [1.807, 2.05) is 0 Å². The molecule has 2 rings (SSSR count). The van der Waals surface area contributed by atoms with Crippen molar-refractivity contribution in [3.63, 3.8) is 0 Å². The molecule has 1 unspecified atom stereocenters. The van der Waals surface area contributed by atoms with Gasteiger partial charge in [0.1, 0.15) is 0 Å². The number of rotatable bonds is 6. The van der Waals surface area contributed by atoms with Gasteiger partial charge in [0, 0.05) is 12.6 Å². The number of carbonyl (C=O) groups excluding carboxylic acids is 1. The normalized spacial score (nSPS) is 16.5. The average molecular weight is 297 g/mol. The minimum Gasteiger partial charge on any atom is -0.349 e. The average Bonchev–Trinajstić information content (AvgIpc) is 3.21. The standard InChI is InChI=1S/C13H19N3O3S/c1-9(8-14)20(18,19)16-12-5-3-2-4-11(12)13(17)15-10-6-7-10/h2-5,9-10,16H,6-8,14H2,1H3,(H,15,17). The van der Waals surface area contributed by atoms with Crippen molar-refractivity contribution in [2.75, 3.05) is 11.3 Å². The number of hydrogen-bond acceptors (Lipinski definition) is 4. The van der Waals surface area contributed by atoms with Gasteiger partial charge in [0.2, 0.25) is 10.0 Å². The zero-order chi connectivity index (χ0) is 14.8. The molecule has 7 heteroatoms. The van der Waals surface area contributed by atoms with Crippen molar-refractivity contribution in [3.8, 4) is 0 Å². The van der Waals surface area contributed by atoms with Crippen molar-refractivity contribution in [2.45, 2.75) is 31.1 Å². The van der Waals surface area contributed by atoms with Crippen molar-refractivity contribution >= 4 is 21.6 Å².